The Kier molecular flexibility index (Phi) is 5.08. The van der Waals surface area contributed by atoms with E-state index in [4.69, 9.17) is 4.74 Å². The third-order valence-corrected chi connectivity index (χ3v) is 3.26. The van der Waals surface area contributed by atoms with Crippen LogP contribution < -0.4 is 10.2 Å². The van der Waals surface area contributed by atoms with Crippen LogP contribution in [0.3, 0.4) is 0 Å². The predicted octanol–water partition coefficient (Wildman–Crippen LogP) is 3.08. The predicted molar refractivity (Wildman–Crippen MR) is 81.5 cm³/mol. The van der Waals surface area contributed by atoms with E-state index >= 15 is 0 Å². The third-order valence-electron chi connectivity index (χ3n) is 2.39. The van der Waals surface area contributed by atoms with Crippen LogP contribution >= 0.6 is 11.3 Å². The lowest BCUT2D eigenvalue weighted by Gasteiger charge is -2.06. The van der Waals surface area contributed by atoms with E-state index in [1.807, 2.05) is 35.7 Å². The molecule has 0 aliphatic heterocycles. The van der Waals surface area contributed by atoms with E-state index in [-0.39, 0.29) is 5.91 Å². The highest BCUT2D eigenvalue weighted by Gasteiger charge is 2.04. The van der Waals surface area contributed by atoms with Gasteiger partial charge in [-0.3, -0.25) is 4.79 Å². The number of carbonyl (C=O) groups is 1. The number of nitrogens with zero attached hydrogens (tertiary/aromatic N) is 1. The Hall–Kier alpha value is -2.40. The molecule has 2 aromatic rings. The van der Waals surface area contributed by atoms with Gasteiger partial charge in [0.2, 0.25) is 0 Å². The summed E-state index contributed by atoms with van der Waals surface area (Å²) >= 11 is 1.37. The van der Waals surface area contributed by atoms with Gasteiger partial charge in [0, 0.05) is 5.56 Å². The molecule has 0 aliphatic carbocycles. The number of benzene rings is 1. The minimum atomic E-state index is -0.222. The number of hydrogen-bond donors (Lipinski definition) is 1. The average Bonchev–Trinajstić information content (AvgIpc) is 3.00. The molecule has 102 valence electrons. The molecule has 0 fully saturated rings. The summed E-state index contributed by atoms with van der Waals surface area (Å²) in [7, 11) is 0. The molecular weight excluding hydrogens is 272 g/mol. The summed E-state index contributed by atoms with van der Waals surface area (Å²) in [5, 5.41) is 5.79. The van der Waals surface area contributed by atoms with Crippen molar-refractivity contribution in [3.8, 4) is 5.75 Å². The summed E-state index contributed by atoms with van der Waals surface area (Å²) in [6.07, 6.45) is 3.23. The van der Waals surface area contributed by atoms with Gasteiger partial charge in [-0.25, -0.2) is 5.43 Å². The van der Waals surface area contributed by atoms with E-state index in [1.165, 1.54) is 11.3 Å². The van der Waals surface area contributed by atoms with Crippen LogP contribution in [-0.4, -0.2) is 18.7 Å². The molecule has 1 aromatic carbocycles. The van der Waals surface area contributed by atoms with Gasteiger partial charge in [0.25, 0.3) is 5.91 Å². The highest BCUT2D eigenvalue weighted by atomic mass is 32.1. The molecule has 1 aromatic heterocycles. The summed E-state index contributed by atoms with van der Waals surface area (Å²) in [5.41, 5.74) is 3.27. The number of nitrogens with one attached hydrogen (secondary N) is 1. The molecular formula is C15H14N2O2S. The van der Waals surface area contributed by atoms with Crippen molar-refractivity contribution in [3.05, 3.63) is 64.9 Å². The third kappa shape index (κ3) is 3.80. The quantitative estimate of drug-likeness (QED) is 0.504. The van der Waals surface area contributed by atoms with Crippen LogP contribution in [0.15, 0.2) is 59.5 Å². The van der Waals surface area contributed by atoms with Crippen LogP contribution in [0.5, 0.6) is 5.75 Å². The van der Waals surface area contributed by atoms with Gasteiger partial charge >= 0.3 is 0 Å². The highest BCUT2D eigenvalue weighted by Crippen LogP contribution is 2.15. The van der Waals surface area contributed by atoms with E-state index in [2.05, 4.69) is 17.1 Å². The molecule has 1 N–H and O–H groups in total. The fraction of sp³-hybridized carbons (Fsp3) is 0.0667. The lowest BCUT2D eigenvalue weighted by atomic mass is 10.2. The number of carbonyl (C=O) groups excluding carboxylic acids is 1. The smallest absolute Gasteiger partial charge is 0.281 e. The zero-order chi connectivity index (χ0) is 14.2. The van der Waals surface area contributed by atoms with Gasteiger partial charge in [0.1, 0.15) is 12.4 Å². The summed E-state index contributed by atoms with van der Waals surface area (Å²) in [4.78, 5) is 12.3. The summed E-state index contributed by atoms with van der Waals surface area (Å²) in [5.74, 6) is 0.474. The van der Waals surface area contributed by atoms with Crippen molar-refractivity contribution in [2.75, 3.05) is 6.61 Å². The summed E-state index contributed by atoms with van der Waals surface area (Å²) < 4.78 is 5.50. The Bertz CT molecular complexity index is 606. The summed E-state index contributed by atoms with van der Waals surface area (Å²) in [6.45, 7) is 4.03. The molecule has 0 atom stereocenters. The second kappa shape index (κ2) is 7.25. The van der Waals surface area contributed by atoms with Gasteiger partial charge in [0.05, 0.1) is 11.1 Å². The second-order valence-electron chi connectivity index (χ2n) is 3.81. The zero-order valence-corrected chi connectivity index (χ0v) is 11.6. The van der Waals surface area contributed by atoms with Crippen molar-refractivity contribution in [1.29, 1.82) is 0 Å². The first-order valence-electron chi connectivity index (χ1n) is 6.01. The van der Waals surface area contributed by atoms with Crippen LogP contribution in [0, 0.1) is 0 Å². The van der Waals surface area contributed by atoms with Crippen molar-refractivity contribution >= 4 is 23.5 Å². The summed E-state index contributed by atoms with van der Waals surface area (Å²) in [6, 6.07) is 11.0. The van der Waals surface area contributed by atoms with Crippen molar-refractivity contribution in [3.63, 3.8) is 0 Å². The molecule has 0 radical (unpaired) electrons. The number of hydrazone groups is 1. The van der Waals surface area contributed by atoms with Gasteiger partial charge in [-0.05, 0) is 23.6 Å². The topological polar surface area (TPSA) is 50.7 Å². The molecule has 20 heavy (non-hydrogen) atoms. The lowest BCUT2D eigenvalue weighted by Crippen LogP contribution is -2.16. The molecule has 4 nitrogen and oxygen atoms in total. The molecule has 0 aliphatic rings. The van der Waals surface area contributed by atoms with Crippen LogP contribution in [-0.2, 0) is 0 Å². The van der Waals surface area contributed by atoms with E-state index < -0.39 is 0 Å². The Morgan fingerprint density at radius 3 is 2.95 bits per heavy atom. The van der Waals surface area contributed by atoms with E-state index in [1.54, 1.807) is 18.4 Å². The average molecular weight is 286 g/mol. The molecule has 0 saturated heterocycles. The number of thiophene rings is 1. The minimum absolute atomic E-state index is 0.222. The Balaban J connectivity index is 2.00. The first kappa shape index (κ1) is 14.0. The van der Waals surface area contributed by atoms with Gasteiger partial charge in [-0.2, -0.15) is 5.10 Å². The maximum Gasteiger partial charge on any atom is 0.281 e. The van der Waals surface area contributed by atoms with Crippen molar-refractivity contribution in [2.45, 2.75) is 0 Å². The van der Waals surface area contributed by atoms with Gasteiger partial charge < -0.3 is 4.74 Å². The molecule has 1 amide bonds. The van der Waals surface area contributed by atoms with Crippen LogP contribution in [0.1, 0.15) is 15.2 Å². The second-order valence-corrected chi connectivity index (χ2v) is 4.76. The number of para-hydroxylation sites is 1. The zero-order valence-electron chi connectivity index (χ0n) is 10.8. The Labute approximate surface area is 121 Å². The highest BCUT2D eigenvalue weighted by molar-refractivity contribution is 7.12. The number of ether oxygens (including phenoxy) is 1. The first-order valence-corrected chi connectivity index (χ1v) is 6.89. The molecule has 0 bridgehead atoms. The molecule has 2 rings (SSSR count). The minimum Gasteiger partial charge on any atom is -0.489 e. The van der Waals surface area contributed by atoms with Crippen LogP contribution in [0.2, 0.25) is 0 Å². The standard InChI is InChI=1S/C15H14N2O2S/c1-2-9-19-13-7-4-3-6-12(13)11-16-17-15(18)14-8-5-10-20-14/h2-8,10-11H,1,9H2,(H,17,18)/b16-11-. The van der Waals surface area contributed by atoms with E-state index in [9.17, 15) is 4.79 Å². The number of hydrogen-bond acceptors (Lipinski definition) is 4. The fourth-order valence-electron chi connectivity index (χ4n) is 1.49. The van der Waals surface area contributed by atoms with E-state index in [0.717, 1.165) is 5.56 Å². The maximum atomic E-state index is 11.7. The monoisotopic (exact) mass is 286 g/mol. The maximum absolute atomic E-state index is 11.7. The van der Waals surface area contributed by atoms with Crippen LogP contribution in [0.4, 0.5) is 0 Å². The van der Waals surface area contributed by atoms with Gasteiger partial charge in [-0.15, -0.1) is 11.3 Å². The Morgan fingerprint density at radius 1 is 1.35 bits per heavy atom. The first-order chi connectivity index (χ1) is 9.81. The van der Waals surface area contributed by atoms with Crippen molar-refractivity contribution in [1.82, 2.24) is 5.43 Å². The van der Waals surface area contributed by atoms with Gasteiger partial charge in [-0.1, -0.05) is 30.9 Å². The normalized spacial score (nSPS) is 10.4. The van der Waals surface area contributed by atoms with Gasteiger partial charge in [0.15, 0.2) is 0 Å². The SMILES string of the molecule is C=CCOc1ccccc1/C=N\NC(=O)c1cccs1. The van der Waals surface area contributed by atoms with Crippen molar-refractivity contribution < 1.29 is 9.53 Å². The molecule has 0 saturated carbocycles. The largest absolute Gasteiger partial charge is 0.489 e. The number of rotatable bonds is 6. The van der Waals surface area contributed by atoms with Crippen molar-refractivity contribution in [2.24, 2.45) is 5.10 Å². The van der Waals surface area contributed by atoms with E-state index in [0.29, 0.717) is 17.2 Å². The molecule has 5 heteroatoms. The van der Waals surface area contributed by atoms with Crippen LogP contribution in [0.25, 0.3) is 0 Å². The Morgan fingerprint density at radius 2 is 2.20 bits per heavy atom. The molecule has 0 unspecified atom stereocenters. The lowest BCUT2D eigenvalue weighted by molar-refractivity contribution is 0.0959. The molecule has 0 spiro atoms. The fourth-order valence-corrected chi connectivity index (χ4v) is 2.10. The number of amides is 1. The molecule has 1 heterocycles.